The lowest BCUT2D eigenvalue weighted by molar-refractivity contribution is -0.130. The summed E-state index contributed by atoms with van der Waals surface area (Å²) in [5.41, 5.74) is 8.48. The summed E-state index contributed by atoms with van der Waals surface area (Å²) in [7, 11) is 3.90. The maximum Gasteiger partial charge on any atom is 0.416 e. The van der Waals surface area contributed by atoms with E-state index in [1.165, 1.54) is 0 Å². The van der Waals surface area contributed by atoms with E-state index in [1.54, 1.807) is 0 Å². The molecule has 9 nitrogen and oxygen atoms in total. The van der Waals surface area contributed by atoms with Crippen LogP contribution in [0.15, 0.2) is 5.11 Å². The second-order valence-electron chi connectivity index (χ2n) is 7.90. The molecule has 2 aliphatic heterocycles. The molecule has 11 heteroatoms. The van der Waals surface area contributed by atoms with E-state index in [-0.39, 0.29) is 42.6 Å². The van der Waals surface area contributed by atoms with Gasteiger partial charge in [0, 0.05) is 23.3 Å². The summed E-state index contributed by atoms with van der Waals surface area (Å²) < 4.78 is 17.3. The highest BCUT2D eigenvalue weighted by atomic mass is 16.6. The molecule has 6 unspecified atom stereocenters. The monoisotopic (exact) mass is 378 g/mol. The Kier molecular flexibility index (Phi) is 7.58. The number of hydrogen-bond acceptors (Lipinski definition) is 6. The third-order valence-corrected chi connectivity index (χ3v) is 5.13. The summed E-state index contributed by atoms with van der Waals surface area (Å²) in [5, 5.41) is 3.29. The van der Waals surface area contributed by atoms with Gasteiger partial charge in [0.1, 0.15) is 28.3 Å². The third-order valence-electron chi connectivity index (χ3n) is 5.13. The Bertz CT molecular complexity index is 601. The molecule has 2 fully saturated rings. The number of carbonyl (C=O) groups is 2. The Labute approximate surface area is 161 Å². The van der Waals surface area contributed by atoms with Crippen LogP contribution in [-0.2, 0) is 19.0 Å². The van der Waals surface area contributed by atoms with E-state index < -0.39 is 24.6 Å². The largest absolute Gasteiger partial charge is 0.443 e. The molecule has 0 N–H and O–H groups in total. The van der Waals surface area contributed by atoms with Gasteiger partial charge >= 0.3 is 6.09 Å². The highest BCUT2D eigenvalue weighted by Gasteiger charge is 2.40. The van der Waals surface area contributed by atoms with Gasteiger partial charge in [-0.3, -0.25) is 4.79 Å². The van der Waals surface area contributed by atoms with Gasteiger partial charge in [-0.2, -0.15) is 0 Å². The minimum Gasteiger partial charge on any atom is -0.443 e. The maximum absolute atomic E-state index is 12.8. The number of carbonyl (C=O) groups excluding carboxylic acids is 2. The SMILES string of the molecule is BC1CC(C)C(CN(C(=O)CN=[N+]=[N-])C(=O)OC2CC(B)OC2C(C)C)O1. The lowest BCUT2D eigenvalue weighted by atomic mass is 9.92. The maximum atomic E-state index is 12.8. The van der Waals surface area contributed by atoms with Crippen molar-refractivity contribution >= 4 is 27.7 Å². The van der Waals surface area contributed by atoms with Crippen LogP contribution in [0.4, 0.5) is 4.79 Å². The highest BCUT2D eigenvalue weighted by molar-refractivity contribution is 6.11. The third kappa shape index (κ3) is 5.64. The lowest BCUT2D eigenvalue weighted by Gasteiger charge is -2.28. The number of rotatable bonds is 6. The molecule has 0 aromatic heterocycles. The van der Waals surface area contributed by atoms with Crippen molar-refractivity contribution in [1.29, 1.82) is 0 Å². The van der Waals surface area contributed by atoms with E-state index in [2.05, 4.69) is 10.0 Å². The van der Waals surface area contributed by atoms with Crippen molar-refractivity contribution in [2.45, 2.75) is 63.9 Å². The Morgan fingerprint density at radius 2 is 1.96 bits per heavy atom. The fourth-order valence-electron chi connectivity index (χ4n) is 3.79. The molecule has 0 spiro atoms. The first-order chi connectivity index (χ1) is 12.7. The van der Waals surface area contributed by atoms with Crippen molar-refractivity contribution in [2.75, 3.05) is 13.1 Å². The lowest BCUT2D eigenvalue weighted by Crippen LogP contribution is -2.46. The first kappa shape index (κ1) is 21.6. The number of imide groups is 1. The summed E-state index contributed by atoms with van der Waals surface area (Å²) in [4.78, 5) is 28.8. The van der Waals surface area contributed by atoms with Crippen molar-refractivity contribution < 1.29 is 23.8 Å². The molecular weight excluding hydrogens is 350 g/mol. The van der Waals surface area contributed by atoms with Crippen molar-refractivity contribution in [2.24, 2.45) is 17.0 Å². The number of hydrogen-bond donors (Lipinski definition) is 0. The predicted octanol–water partition coefficient (Wildman–Crippen LogP) is 0.419. The van der Waals surface area contributed by atoms with Gasteiger partial charge in [-0.25, -0.2) is 9.69 Å². The van der Waals surface area contributed by atoms with Gasteiger partial charge in [-0.1, -0.05) is 25.9 Å². The van der Waals surface area contributed by atoms with E-state index >= 15 is 0 Å². The van der Waals surface area contributed by atoms with Gasteiger partial charge in [0.15, 0.2) is 0 Å². The van der Waals surface area contributed by atoms with Crippen LogP contribution < -0.4 is 0 Å². The zero-order valence-electron chi connectivity index (χ0n) is 16.7. The molecule has 27 heavy (non-hydrogen) atoms. The second-order valence-corrected chi connectivity index (χ2v) is 7.90. The van der Waals surface area contributed by atoms with E-state index in [0.717, 1.165) is 11.3 Å². The van der Waals surface area contributed by atoms with Crippen LogP contribution in [0, 0.1) is 11.8 Å². The molecule has 0 radical (unpaired) electrons. The van der Waals surface area contributed by atoms with E-state index in [1.807, 2.05) is 36.5 Å². The van der Waals surface area contributed by atoms with Crippen molar-refractivity contribution in [3.05, 3.63) is 10.4 Å². The van der Waals surface area contributed by atoms with Crippen LogP contribution in [0.1, 0.15) is 33.6 Å². The fourth-order valence-corrected chi connectivity index (χ4v) is 3.79. The molecule has 0 aliphatic carbocycles. The molecule has 0 saturated carbocycles. The first-order valence-electron chi connectivity index (χ1n) is 9.55. The molecule has 148 valence electrons. The van der Waals surface area contributed by atoms with Crippen LogP contribution in [0.3, 0.4) is 0 Å². The van der Waals surface area contributed by atoms with E-state index in [0.29, 0.717) is 6.42 Å². The van der Waals surface area contributed by atoms with E-state index in [9.17, 15) is 9.59 Å². The average molecular weight is 378 g/mol. The van der Waals surface area contributed by atoms with Gasteiger partial charge in [0.2, 0.25) is 5.91 Å². The van der Waals surface area contributed by atoms with Crippen LogP contribution >= 0.6 is 0 Å². The molecule has 2 saturated heterocycles. The number of amides is 2. The van der Waals surface area contributed by atoms with Crippen LogP contribution in [0.5, 0.6) is 0 Å². The van der Waals surface area contributed by atoms with Crippen molar-refractivity contribution in [3.63, 3.8) is 0 Å². The Balaban J connectivity index is 2.10. The molecular formula is C16H28B2N4O5. The van der Waals surface area contributed by atoms with Crippen molar-refractivity contribution in [3.8, 4) is 0 Å². The van der Waals surface area contributed by atoms with E-state index in [4.69, 9.17) is 19.7 Å². The summed E-state index contributed by atoms with van der Waals surface area (Å²) in [6, 6.07) is 0.0612. The summed E-state index contributed by atoms with van der Waals surface area (Å²) >= 11 is 0. The molecule has 2 rings (SSSR count). The minimum atomic E-state index is -0.739. The topological polar surface area (TPSA) is 114 Å². The Morgan fingerprint density at radius 3 is 2.52 bits per heavy atom. The number of ether oxygens (including phenoxy) is 3. The average Bonchev–Trinajstić information content (AvgIpc) is 3.11. The number of azide groups is 1. The molecule has 2 aliphatic rings. The standard InChI is InChI=1S/C16H28B2N4O5/c1-8(2)15-10(5-13(18)27-15)26-16(24)22(14(23)6-20-21-19)7-11-9(3)4-12(17)25-11/h8-13,15H,4-7,17-18H2,1-3H3. The van der Waals surface area contributed by atoms with Crippen LogP contribution in [0.2, 0.25) is 0 Å². The quantitative estimate of drug-likeness (QED) is 0.288. The molecule has 0 aromatic carbocycles. The Morgan fingerprint density at radius 1 is 1.30 bits per heavy atom. The molecule has 0 aromatic rings. The predicted molar refractivity (Wildman–Crippen MR) is 104 cm³/mol. The second kappa shape index (κ2) is 9.48. The first-order valence-corrected chi connectivity index (χ1v) is 9.55. The molecule has 2 amide bonds. The van der Waals surface area contributed by atoms with Gasteiger partial charge in [-0.05, 0) is 23.8 Å². The Hall–Kier alpha value is -1.70. The molecule has 2 heterocycles. The van der Waals surface area contributed by atoms with Gasteiger partial charge in [0.05, 0.1) is 18.8 Å². The zero-order chi connectivity index (χ0) is 20.1. The normalized spacial score (nSPS) is 32.9. The van der Waals surface area contributed by atoms with Crippen LogP contribution in [0.25, 0.3) is 10.4 Å². The number of nitrogens with zero attached hydrogens (tertiary/aromatic N) is 4. The smallest absolute Gasteiger partial charge is 0.416 e. The summed E-state index contributed by atoms with van der Waals surface area (Å²) in [6.07, 6.45) is -0.177. The minimum absolute atomic E-state index is 0.0124. The molecule has 0 bridgehead atoms. The molecule has 6 atom stereocenters. The highest BCUT2D eigenvalue weighted by Crippen LogP contribution is 2.29. The van der Waals surface area contributed by atoms with Gasteiger partial charge in [0.25, 0.3) is 0 Å². The van der Waals surface area contributed by atoms with Crippen molar-refractivity contribution in [1.82, 2.24) is 4.90 Å². The summed E-state index contributed by atoms with van der Waals surface area (Å²) in [6.45, 7) is 5.68. The zero-order valence-corrected chi connectivity index (χ0v) is 16.7. The van der Waals surface area contributed by atoms with Gasteiger partial charge in [-0.15, -0.1) is 0 Å². The fraction of sp³-hybridized carbons (Fsp3) is 0.875. The van der Waals surface area contributed by atoms with Crippen LogP contribution in [-0.4, -0.2) is 76.0 Å². The van der Waals surface area contributed by atoms with Gasteiger partial charge < -0.3 is 14.2 Å². The summed E-state index contributed by atoms with van der Waals surface area (Å²) in [5.74, 6) is -0.207.